The Hall–Kier alpha value is -3.52. The third-order valence-corrected chi connectivity index (χ3v) is 4.22. The molecule has 1 atom stereocenters. The average molecular weight is 362 g/mol. The van der Waals surface area contributed by atoms with Crippen LogP contribution in [0.3, 0.4) is 0 Å². The number of nitrogens with zero attached hydrogens (tertiary/aromatic N) is 4. The number of amides is 1. The largest absolute Gasteiger partial charge is 0.337 e. The number of nitrogens with one attached hydrogen (secondary N) is 1. The highest BCUT2D eigenvalue weighted by atomic mass is 16.5. The summed E-state index contributed by atoms with van der Waals surface area (Å²) in [4.78, 5) is 21.3. The summed E-state index contributed by atoms with van der Waals surface area (Å²) in [5, 5.41) is 6.89. The Kier molecular flexibility index (Phi) is 4.17. The first-order chi connectivity index (χ1) is 13.0. The molecular formula is C19H18N6O2. The van der Waals surface area contributed by atoms with Crippen molar-refractivity contribution in [3.63, 3.8) is 0 Å². The summed E-state index contributed by atoms with van der Waals surface area (Å²) in [6, 6.07) is 10.8. The van der Waals surface area contributed by atoms with Gasteiger partial charge in [-0.25, -0.2) is 4.98 Å². The molecule has 0 aliphatic carbocycles. The van der Waals surface area contributed by atoms with Gasteiger partial charge >= 0.3 is 0 Å². The van der Waals surface area contributed by atoms with E-state index in [1.54, 1.807) is 23.7 Å². The van der Waals surface area contributed by atoms with Gasteiger partial charge in [0.05, 0.1) is 12.2 Å². The summed E-state index contributed by atoms with van der Waals surface area (Å²) in [6.45, 7) is 3.69. The second-order valence-corrected chi connectivity index (χ2v) is 6.30. The van der Waals surface area contributed by atoms with Crippen LogP contribution < -0.4 is 11.1 Å². The van der Waals surface area contributed by atoms with Crippen molar-refractivity contribution in [3.8, 4) is 11.4 Å². The Balaban J connectivity index is 1.64. The Morgan fingerprint density at radius 3 is 2.93 bits per heavy atom. The van der Waals surface area contributed by atoms with Gasteiger partial charge in [0.15, 0.2) is 0 Å². The van der Waals surface area contributed by atoms with Gasteiger partial charge in [-0.05, 0) is 37.6 Å². The van der Waals surface area contributed by atoms with Crippen LogP contribution in [0.2, 0.25) is 0 Å². The Morgan fingerprint density at radius 2 is 2.15 bits per heavy atom. The van der Waals surface area contributed by atoms with Gasteiger partial charge in [-0.2, -0.15) is 4.98 Å². The van der Waals surface area contributed by atoms with Crippen LogP contribution in [-0.2, 0) is 0 Å². The average Bonchev–Trinajstić information content (AvgIpc) is 3.30. The van der Waals surface area contributed by atoms with Crippen LogP contribution in [0.15, 0.2) is 53.3 Å². The number of pyridine rings is 1. The van der Waals surface area contributed by atoms with Crippen LogP contribution in [0, 0.1) is 6.92 Å². The zero-order valence-corrected chi connectivity index (χ0v) is 14.9. The van der Waals surface area contributed by atoms with Crippen LogP contribution in [0.25, 0.3) is 17.0 Å². The topological polar surface area (TPSA) is 111 Å². The fourth-order valence-corrected chi connectivity index (χ4v) is 2.72. The highest BCUT2D eigenvalue weighted by Gasteiger charge is 2.16. The molecule has 8 nitrogen and oxygen atoms in total. The Morgan fingerprint density at radius 1 is 1.30 bits per heavy atom. The minimum atomic E-state index is -0.342. The number of carbonyl (C=O) groups excluding carboxylic acids is 1. The molecule has 0 saturated heterocycles. The van der Waals surface area contributed by atoms with Gasteiger partial charge in [-0.15, -0.1) is 0 Å². The van der Waals surface area contributed by atoms with E-state index in [2.05, 4.69) is 20.4 Å². The van der Waals surface area contributed by atoms with E-state index in [0.717, 1.165) is 11.1 Å². The summed E-state index contributed by atoms with van der Waals surface area (Å²) < 4.78 is 6.89. The molecule has 0 bridgehead atoms. The van der Waals surface area contributed by atoms with Gasteiger partial charge in [-0.3, -0.25) is 9.20 Å². The standard InChI is InChI=1S/C19H18N6O2/c1-11-6-7-13(17-23-19(12(2)20)27-24-17)9-14(11)22-18(26)15-10-21-16-5-3-4-8-25(15)16/h3-10,12H,20H2,1-2H3,(H,22,26)/t12-/m0/s1. The SMILES string of the molecule is Cc1ccc(-c2noc([C@H](C)N)n2)cc1NC(=O)c1cnc2ccccn12. The lowest BCUT2D eigenvalue weighted by Crippen LogP contribution is -2.15. The summed E-state index contributed by atoms with van der Waals surface area (Å²) >= 11 is 0. The van der Waals surface area contributed by atoms with Crippen molar-refractivity contribution in [2.75, 3.05) is 5.32 Å². The van der Waals surface area contributed by atoms with E-state index in [1.807, 2.05) is 43.3 Å². The number of aryl methyl sites for hydroxylation is 1. The highest BCUT2D eigenvalue weighted by molar-refractivity contribution is 6.04. The normalized spacial score (nSPS) is 12.3. The summed E-state index contributed by atoms with van der Waals surface area (Å²) in [6.07, 6.45) is 3.35. The molecule has 0 radical (unpaired) electrons. The number of hydrogen-bond acceptors (Lipinski definition) is 6. The van der Waals surface area contributed by atoms with Crippen molar-refractivity contribution in [2.24, 2.45) is 5.73 Å². The molecule has 0 saturated carbocycles. The molecule has 1 amide bonds. The lowest BCUT2D eigenvalue weighted by atomic mass is 10.1. The number of aromatic nitrogens is 4. The summed E-state index contributed by atoms with van der Waals surface area (Å²) in [5.41, 5.74) is 9.23. The summed E-state index contributed by atoms with van der Waals surface area (Å²) in [5.74, 6) is 0.535. The lowest BCUT2D eigenvalue weighted by molar-refractivity contribution is 0.102. The van der Waals surface area contributed by atoms with E-state index in [0.29, 0.717) is 28.7 Å². The molecule has 0 fully saturated rings. The number of anilines is 1. The van der Waals surface area contributed by atoms with Crippen molar-refractivity contribution in [3.05, 3.63) is 65.9 Å². The third-order valence-electron chi connectivity index (χ3n) is 4.22. The molecule has 8 heteroatoms. The maximum atomic E-state index is 12.7. The molecule has 3 aromatic heterocycles. The van der Waals surface area contributed by atoms with Gasteiger partial charge in [-0.1, -0.05) is 23.4 Å². The molecule has 136 valence electrons. The number of imidazole rings is 1. The van der Waals surface area contributed by atoms with Gasteiger partial charge in [0, 0.05) is 17.4 Å². The molecule has 0 aliphatic heterocycles. The van der Waals surface area contributed by atoms with Crippen molar-refractivity contribution in [2.45, 2.75) is 19.9 Å². The zero-order valence-electron chi connectivity index (χ0n) is 14.9. The second kappa shape index (κ2) is 6.65. The predicted octanol–water partition coefficient (Wildman–Crippen LogP) is 2.96. The summed E-state index contributed by atoms with van der Waals surface area (Å²) in [7, 11) is 0. The van der Waals surface area contributed by atoms with E-state index in [9.17, 15) is 4.79 Å². The van der Waals surface area contributed by atoms with E-state index >= 15 is 0 Å². The smallest absolute Gasteiger partial charge is 0.274 e. The molecule has 4 rings (SSSR count). The van der Waals surface area contributed by atoms with E-state index in [4.69, 9.17) is 10.3 Å². The molecule has 27 heavy (non-hydrogen) atoms. The van der Waals surface area contributed by atoms with Crippen molar-refractivity contribution < 1.29 is 9.32 Å². The fourth-order valence-electron chi connectivity index (χ4n) is 2.72. The molecule has 3 heterocycles. The molecule has 4 aromatic rings. The monoisotopic (exact) mass is 362 g/mol. The predicted molar refractivity (Wildman–Crippen MR) is 100 cm³/mol. The third kappa shape index (κ3) is 3.18. The molecule has 0 spiro atoms. The minimum absolute atomic E-state index is 0.252. The first-order valence-electron chi connectivity index (χ1n) is 8.46. The van der Waals surface area contributed by atoms with Crippen LogP contribution >= 0.6 is 0 Å². The number of carbonyl (C=O) groups is 1. The first kappa shape index (κ1) is 16.9. The molecule has 0 unspecified atom stereocenters. The highest BCUT2D eigenvalue weighted by Crippen LogP contribution is 2.25. The van der Waals surface area contributed by atoms with Crippen LogP contribution in [0.1, 0.15) is 34.9 Å². The molecular weight excluding hydrogens is 344 g/mol. The van der Waals surface area contributed by atoms with Crippen LogP contribution in [0.5, 0.6) is 0 Å². The second-order valence-electron chi connectivity index (χ2n) is 6.30. The number of hydrogen-bond donors (Lipinski definition) is 2. The number of rotatable bonds is 4. The van der Waals surface area contributed by atoms with Crippen molar-refractivity contribution in [1.29, 1.82) is 0 Å². The van der Waals surface area contributed by atoms with Crippen LogP contribution in [0.4, 0.5) is 5.69 Å². The van der Waals surface area contributed by atoms with Crippen LogP contribution in [-0.4, -0.2) is 25.4 Å². The van der Waals surface area contributed by atoms with Gasteiger partial charge in [0.1, 0.15) is 11.3 Å². The first-order valence-corrected chi connectivity index (χ1v) is 8.46. The van der Waals surface area contributed by atoms with E-state index in [-0.39, 0.29) is 11.9 Å². The van der Waals surface area contributed by atoms with Crippen molar-refractivity contribution in [1.82, 2.24) is 19.5 Å². The zero-order chi connectivity index (χ0) is 19.0. The van der Waals surface area contributed by atoms with Crippen molar-refractivity contribution >= 4 is 17.2 Å². The molecule has 0 aliphatic rings. The van der Waals surface area contributed by atoms with Gasteiger partial charge in [0.2, 0.25) is 11.7 Å². The number of nitrogens with two attached hydrogens (primary N) is 1. The molecule has 1 aromatic carbocycles. The maximum Gasteiger partial charge on any atom is 0.274 e. The Bertz CT molecular complexity index is 1130. The Labute approximate surface area is 155 Å². The van der Waals surface area contributed by atoms with Gasteiger partial charge in [0.25, 0.3) is 5.91 Å². The fraction of sp³-hybridized carbons (Fsp3) is 0.158. The quantitative estimate of drug-likeness (QED) is 0.577. The lowest BCUT2D eigenvalue weighted by Gasteiger charge is -2.09. The van der Waals surface area contributed by atoms with E-state index < -0.39 is 0 Å². The van der Waals surface area contributed by atoms with Gasteiger partial charge < -0.3 is 15.6 Å². The number of benzene rings is 1. The minimum Gasteiger partial charge on any atom is -0.337 e. The van der Waals surface area contributed by atoms with E-state index in [1.165, 1.54) is 0 Å². The number of fused-ring (bicyclic) bond motifs is 1. The maximum absolute atomic E-state index is 12.7. The molecule has 3 N–H and O–H groups in total.